The zero-order valence-electron chi connectivity index (χ0n) is 13.2. The molecule has 19 heavy (non-hydrogen) atoms. The summed E-state index contributed by atoms with van der Waals surface area (Å²) in [6.07, 6.45) is 2.36. The molecule has 0 unspecified atom stereocenters. The lowest BCUT2D eigenvalue weighted by molar-refractivity contribution is 0.505. The van der Waals surface area contributed by atoms with E-state index in [1.54, 1.807) is 0 Å². The summed E-state index contributed by atoms with van der Waals surface area (Å²) in [5, 5.41) is 0. The van der Waals surface area contributed by atoms with E-state index >= 15 is 0 Å². The molecule has 2 heteroatoms. The average molecular weight is 262 g/mol. The first kappa shape index (κ1) is 16.0. The van der Waals surface area contributed by atoms with E-state index < -0.39 is 0 Å². The number of nitrogens with zero attached hydrogens (tertiary/aromatic N) is 1. The first-order chi connectivity index (χ1) is 9.04. The van der Waals surface area contributed by atoms with E-state index in [0.29, 0.717) is 18.5 Å². The van der Waals surface area contributed by atoms with Gasteiger partial charge in [0.1, 0.15) is 0 Å². The second-order valence-corrected chi connectivity index (χ2v) is 5.80. The van der Waals surface area contributed by atoms with Gasteiger partial charge in [-0.25, -0.2) is 0 Å². The SMILES string of the molecule is CCC(CC)N(CC(C)C)c1c(C)cccc1CN. The van der Waals surface area contributed by atoms with Gasteiger partial charge in [-0.3, -0.25) is 0 Å². The second-order valence-electron chi connectivity index (χ2n) is 5.80. The summed E-state index contributed by atoms with van der Waals surface area (Å²) in [4.78, 5) is 2.59. The molecule has 0 atom stereocenters. The molecule has 0 bridgehead atoms. The highest BCUT2D eigenvalue weighted by atomic mass is 15.2. The van der Waals surface area contributed by atoms with Gasteiger partial charge in [0.05, 0.1) is 0 Å². The van der Waals surface area contributed by atoms with Crippen molar-refractivity contribution >= 4 is 5.69 Å². The van der Waals surface area contributed by atoms with Crippen molar-refractivity contribution in [2.45, 2.75) is 60.0 Å². The van der Waals surface area contributed by atoms with Crippen LogP contribution in [0.4, 0.5) is 5.69 Å². The number of hydrogen-bond acceptors (Lipinski definition) is 2. The number of nitrogens with two attached hydrogens (primary N) is 1. The van der Waals surface area contributed by atoms with E-state index in [2.05, 4.69) is 57.7 Å². The van der Waals surface area contributed by atoms with Crippen LogP contribution < -0.4 is 10.6 Å². The average Bonchev–Trinajstić information content (AvgIpc) is 2.38. The first-order valence-corrected chi connectivity index (χ1v) is 7.60. The molecule has 0 aliphatic rings. The smallest absolute Gasteiger partial charge is 0.0444 e. The van der Waals surface area contributed by atoms with Crippen LogP contribution in [0.1, 0.15) is 51.7 Å². The third-order valence-corrected chi connectivity index (χ3v) is 3.77. The lowest BCUT2D eigenvalue weighted by Crippen LogP contribution is -2.38. The molecule has 0 aliphatic heterocycles. The Bertz CT molecular complexity index is 381. The fraction of sp³-hybridized carbons (Fsp3) is 0.647. The zero-order chi connectivity index (χ0) is 14.4. The molecule has 0 spiro atoms. The van der Waals surface area contributed by atoms with Gasteiger partial charge in [-0.05, 0) is 36.8 Å². The lowest BCUT2D eigenvalue weighted by atomic mass is 10.0. The highest BCUT2D eigenvalue weighted by Gasteiger charge is 2.20. The summed E-state index contributed by atoms with van der Waals surface area (Å²) in [7, 11) is 0. The van der Waals surface area contributed by atoms with E-state index in [0.717, 1.165) is 6.54 Å². The summed E-state index contributed by atoms with van der Waals surface area (Å²) >= 11 is 0. The maximum Gasteiger partial charge on any atom is 0.0444 e. The van der Waals surface area contributed by atoms with Crippen LogP contribution in [0.2, 0.25) is 0 Å². The Labute approximate surface area is 119 Å². The van der Waals surface area contributed by atoms with Crippen LogP contribution >= 0.6 is 0 Å². The largest absolute Gasteiger partial charge is 0.368 e. The third kappa shape index (κ3) is 3.97. The van der Waals surface area contributed by atoms with Crippen molar-refractivity contribution in [2.24, 2.45) is 11.7 Å². The van der Waals surface area contributed by atoms with Crippen molar-refractivity contribution in [3.8, 4) is 0 Å². The van der Waals surface area contributed by atoms with Gasteiger partial charge in [0.25, 0.3) is 0 Å². The molecule has 1 aromatic rings. The standard InChI is InChI=1S/C17H30N2/c1-6-16(7-2)19(12-13(3)4)17-14(5)9-8-10-15(17)11-18/h8-10,13,16H,6-7,11-12,18H2,1-5H3. The second kappa shape index (κ2) is 7.54. The van der Waals surface area contributed by atoms with Crippen molar-refractivity contribution < 1.29 is 0 Å². The van der Waals surface area contributed by atoms with Gasteiger partial charge in [0.15, 0.2) is 0 Å². The number of para-hydroxylation sites is 1. The predicted octanol–water partition coefficient (Wildman–Crippen LogP) is 4.10. The van der Waals surface area contributed by atoms with Gasteiger partial charge < -0.3 is 10.6 Å². The van der Waals surface area contributed by atoms with Crippen LogP contribution in [-0.2, 0) is 6.54 Å². The normalized spacial score (nSPS) is 11.4. The maximum atomic E-state index is 5.94. The van der Waals surface area contributed by atoms with Crippen LogP contribution in [0, 0.1) is 12.8 Å². The van der Waals surface area contributed by atoms with Crippen molar-refractivity contribution in [3.63, 3.8) is 0 Å². The molecule has 2 N–H and O–H groups in total. The molecule has 0 amide bonds. The Hall–Kier alpha value is -1.02. The maximum absolute atomic E-state index is 5.94. The Balaban J connectivity index is 3.23. The number of hydrogen-bond donors (Lipinski definition) is 1. The summed E-state index contributed by atoms with van der Waals surface area (Å²) in [5.74, 6) is 0.658. The Morgan fingerprint density at radius 1 is 1.16 bits per heavy atom. The molecular weight excluding hydrogens is 232 g/mol. The highest BCUT2D eigenvalue weighted by molar-refractivity contribution is 5.60. The van der Waals surface area contributed by atoms with Gasteiger partial charge in [-0.2, -0.15) is 0 Å². The van der Waals surface area contributed by atoms with E-state index in [-0.39, 0.29) is 0 Å². The molecule has 0 fully saturated rings. The van der Waals surface area contributed by atoms with Crippen molar-refractivity contribution in [1.29, 1.82) is 0 Å². The van der Waals surface area contributed by atoms with Crippen LogP contribution in [0.15, 0.2) is 18.2 Å². The van der Waals surface area contributed by atoms with Crippen LogP contribution in [-0.4, -0.2) is 12.6 Å². The topological polar surface area (TPSA) is 29.3 Å². The fourth-order valence-corrected chi connectivity index (χ4v) is 2.84. The van der Waals surface area contributed by atoms with Gasteiger partial charge in [-0.1, -0.05) is 45.9 Å². The van der Waals surface area contributed by atoms with Crippen molar-refractivity contribution in [1.82, 2.24) is 0 Å². The van der Waals surface area contributed by atoms with E-state index in [4.69, 9.17) is 5.73 Å². The van der Waals surface area contributed by atoms with Gasteiger partial charge in [0, 0.05) is 24.8 Å². The third-order valence-electron chi connectivity index (χ3n) is 3.77. The molecule has 108 valence electrons. The molecular formula is C17H30N2. The summed E-state index contributed by atoms with van der Waals surface area (Å²) in [6, 6.07) is 7.08. The molecule has 0 saturated carbocycles. The molecule has 0 heterocycles. The van der Waals surface area contributed by atoms with E-state index in [1.165, 1.54) is 29.7 Å². The van der Waals surface area contributed by atoms with Gasteiger partial charge >= 0.3 is 0 Å². The molecule has 2 nitrogen and oxygen atoms in total. The monoisotopic (exact) mass is 262 g/mol. The molecule has 1 aromatic carbocycles. The highest BCUT2D eigenvalue weighted by Crippen LogP contribution is 2.29. The number of aryl methyl sites for hydroxylation is 1. The Kier molecular flexibility index (Phi) is 6.36. The number of benzene rings is 1. The lowest BCUT2D eigenvalue weighted by Gasteiger charge is -2.36. The minimum atomic E-state index is 0.605. The summed E-state index contributed by atoms with van der Waals surface area (Å²) < 4.78 is 0. The molecule has 0 aromatic heterocycles. The minimum Gasteiger partial charge on any atom is -0.368 e. The first-order valence-electron chi connectivity index (χ1n) is 7.60. The van der Waals surface area contributed by atoms with Crippen LogP contribution in [0.3, 0.4) is 0 Å². The van der Waals surface area contributed by atoms with Crippen LogP contribution in [0.5, 0.6) is 0 Å². The zero-order valence-corrected chi connectivity index (χ0v) is 13.2. The Morgan fingerprint density at radius 3 is 2.26 bits per heavy atom. The summed E-state index contributed by atoms with van der Waals surface area (Å²) in [5.41, 5.74) is 9.93. The minimum absolute atomic E-state index is 0.605. The molecule has 0 aliphatic carbocycles. The molecule has 0 saturated heterocycles. The Morgan fingerprint density at radius 2 is 1.79 bits per heavy atom. The molecule has 1 rings (SSSR count). The van der Waals surface area contributed by atoms with Crippen molar-refractivity contribution in [2.75, 3.05) is 11.4 Å². The number of anilines is 1. The van der Waals surface area contributed by atoms with Gasteiger partial charge in [-0.15, -0.1) is 0 Å². The van der Waals surface area contributed by atoms with Crippen LogP contribution in [0.25, 0.3) is 0 Å². The fourth-order valence-electron chi connectivity index (χ4n) is 2.84. The predicted molar refractivity (Wildman–Crippen MR) is 85.6 cm³/mol. The number of rotatable bonds is 7. The van der Waals surface area contributed by atoms with E-state index in [9.17, 15) is 0 Å². The van der Waals surface area contributed by atoms with Crippen molar-refractivity contribution in [3.05, 3.63) is 29.3 Å². The quantitative estimate of drug-likeness (QED) is 0.801. The molecule has 0 radical (unpaired) electrons. The van der Waals surface area contributed by atoms with Gasteiger partial charge in [0.2, 0.25) is 0 Å². The summed E-state index contributed by atoms with van der Waals surface area (Å²) in [6.45, 7) is 13.1. The van der Waals surface area contributed by atoms with E-state index in [1.807, 2.05) is 0 Å².